The number of fused-ring (bicyclic) bond motifs is 4. The van der Waals surface area contributed by atoms with Crippen molar-refractivity contribution in [2.24, 2.45) is 0 Å². The monoisotopic (exact) mass is 397 g/mol. The van der Waals surface area contributed by atoms with E-state index in [0.717, 1.165) is 0 Å². The Bertz CT molecular complexity index is 1670. The quantitative estimate of drug-likeness (QED) is 0.339. The van der Waals surface area contributed by atoms with Crippen molar-refractivity contribution in [3.8, 4) is 6.07 Å². The summed E-state index contributed by atoms with van der Waals surface area (Å²) in [5.74, 6) is 0. The molecule has 0 saturated carbocycles. The highest BCUT2D eigenvalue weighted by Gasteiger charge is 2.15. The molecular weight excluding hydrogens is 382 g/mol. The predicted octanol–water partition coefficient (Wildman–Crippen LogP) is 1.27. The maximum absolute atomic E-state index is 13.2. The normalized spacial score (nSPS) is 11.9. The van der Waals surface area contributed by atoms with Crippen LogP contribution in [0.4, 0.5) is 5.69 Å². The summed E-state index contributed by atoms with van der Waals surface area (Å²) in [7, 11) is 0. The van der Waals surface area contributed by atoms with E-state index in [9.17, 15) is 14.9 Å². The van der Waals surface area contributed by atoms with Crippen LogP contribution < -0.4 is 27.3 Å². The van der Waals surface area contributed by atoms with Crippen molar-refractivity contribution in [1.82, 2.24) is 24.8 Å². The molecule has 146 valence electrons. The average molecular weight is 397 g/mol. The molecule has 0 spiro atoms. The molecule has 5 rings (SSSR count). The summed E-state index contributed by atoms with van der Waals surface area (Å²) in [6.07, 6.45) is 1.52. The summed E-state index contributed by atoms with van der Waals surface area (Å²) in [6, 6.07) is 14.7. The van der Waals surface area contributed by atoms with Gasteiger partial charge in [-0.15, -0.1) is 0 Å². The van der Waals surface area contributed by atoms with Crippen molar-refractivity contribution < 1.29 is 0 Å². The number of hydrogen-bond acceptors (Lipinski definition) is 6. The van der Waals surface area contributed by atoms with Gasteiger partial charge in [-0.1, -0.05) is 12.1 Å². The molecule has 3 aromatic heterocycles. The van der Waals surface area contributed by atoms with Gasteiger partial charge < -0.3 is 20.8 Å². The van der Waals surface area contributed by atoms with E-state index in [2.05, 4.69) is 31.9 Å². The van der Waals surface area contributed by atoms with Crippen LogP contribution in [-0.2, 0) is 0 Å². The Morgan fingerprint density at radius 2 is 1.93 bits per heavy atom. The summed E-state index contributed by atoms with van der Waals surface area (Å²) in [5.41, 5.74) is 9.94. The lowest BCUT2D eigenvalue weighted by Crippen LogP contribution is -2.36. The number of hydrogen-bond donors (Lipinski definition) is 4. The molecule has 0 saturated heterocycles. The van der Waals surface area contributed by atoms with Crippen molar-refractivity contribution >= 4 is 39.6 Å². The molecule has 0 atom stereocenters. The van der Waals surface area contributed by atoms with Gasteiger partial charge in [-0.3, -0.25) is 9.20 Å². The maximum atomic E-state index is 13.2. The second kappa shape index (κ2) is 6.49. The fourth-order valence-corrected chi connectivity index (χ4v) is 3.59. The highest BCUT2D eigenvalue weighted by Crippen LogP contribution is 2.17. The molecule has 0 aliphatic carbocycles. The van der Waals surface area contributed by atoms with E-state index < -0.39 is 0 Å². The lowest BCUT2D eigenvalue weighted by Gasteiger charge is -2.07. The second-order valence-electron chi connectivity index (χ2n) is 6.84. The highest BCUT2D eigenvalue weighted by molar-refractivity contribution is 5.82. The van der Waals surface area contributed by atoms with Gasteiger partial charge in [0.1, 0.15) is 6.07 Å². The van der Waals surface area contributed by atoms with Gasteiger partial charge in [0, 0.05) is 6.20 Å². The number of aromatic nitrogens is 4. The second-order valence-corrected chi connectivity index (χ2v) is 6.84. The largest absolute Gasteiger partial charge is 0.323 e. The molecule has 0 bridgehead atoms. The molecule has 0 aliphatic heterocycles. The van der Waals surface area contributed by atoms with Crippen LogP contribution in [0, 0.1) is 18.3 Å². The van der Waals surface area contributed by atoms with Gasteiger partial charge in [0.05, 0.1) is 38.5 Å². The third-order valence-corrected chi connectivity index (χ3v) is 5.06. The van der Waals surface area contributed by atoms with Gasteiger partial charge in [0.2, 0.25) is 0 Å². The number of pyridine rings is 1. The smallest absolute Gasteiger partial charge is 0.307 e. The van der Waals surface area contributed by atoms with Crippen LogP contribution in [0.1, 0.15) is 11.1 Å². The Morgan fingerprint density at radius 3 is 2.77 bits per heavy atom. The van der Waals surface area contributed by atoms with Gasteiger partial charge >= 0.3 is 5.69 Å². The first kappa shape index (κ1) is 17.5. The van der Waals surface area contributed by atoms with Crippen molar-refractivity contribution in [2.45, 2.75) is 6.92 Å². The molecule has 9 nitrogen and oxygen atoms in total. The number of rotatable bonds is 3. The van der Waals surface area contributed by atoms with Crippen LogP contribution in [0.3, 0.4) is 0 Å². The Labute approximate surface area is 168 Å². The Hall–Kier alpha value is -4.58. The van der Waals surface area contributed by atoms with E-state index in [1.54, 1.807) is 31.2 Å². The third-order valence-electron chi connectivity index (χ3n) is 5.06. The first-order chi connectivity index (χ1) is 14.6. The number of nitrogens with zero attached hydrogens (tertiary/aromatic N) is 3. The van der Waals surface area contributed by atoms with Crippen molar-refractivity contribution in [3.05, 3.63) is 79.6 Å². The number of aromatic amines is 2. The number of nitriles is 1. The molecule has 4 N–H and O–H groups in total. The van der Waals surface area contributed by atoms with E-state index in [4.69, 9.17) is 0 Å². The van der Waals surface area contributed by atoms with E-state index in [1.165, 1.54) is 10.6 Å². The standard InChI is InChI=1S/C21H15N7O2/c1-11-13(9-22)19-24-16-4-2-3-5-18(16)28(19)20(29)14(11)10-23-27-12-6-7-15-17(8-12)26-21(30)25-15/h2-8,10,23,27H,1H3,(H2,25,26,30)/b14-10+. The molecular formula is C21H15N7O2. The molecule has 0 amide bonds. The van der Waals surface area contributed by atoms with Crippen LogP contribution in [0.25, 0.3) is 33.9 Å². The van der Waals surface area contributed by atoms with Gasteiger partial charge in [0.15, 0.2) is 5.65 Å². The zero-order valence-corrected chi connectivity index (χ0v) is 15.8. The van der Waals surface area contributed by atoms with Crippen LogP contribution in [0.2, 0.25) is 0 Å². The van der Waals surface area contributed by atoms with E-state index in [-0.39, 0.29) is 11.2 Å². The SMILES string of the molecule is Cc1c(C#N)c2nc3ccccc3n2c(=O)/c1=C/NNc1ccc2[nH]c(=O)[nH]c2c1. The molecule has 0 aliphatic rings. The summed E-state index contributed by atoms with van der Waals surface area (Å²) in [6.45, 7) is 1.73. The zero-order chi connectivity index (χ0) is 20.8. The van der Waals surface area contributed by atoms with Crippen LogP contribution in [0.15, 0.2) is 52.1 Å². The number of anilines is 1. The Balaban J connectivity index is 1.61. The summed E-state index contributed by atoms with van der Waals surface area (Å²) in [4.78, 5) is 34.4. The Morgan fingerprint density at radius 1 is 1.13 bits per heavy atom. The topological polar surface area (TPSA) is 131 Å². The van der Waals surface area contributed by atoms with Crippen molar-refractivity contribution in [2.75, 3.05) is 5.43 Å². The number of hydrazine groups is 1. The molecule has 0 fully saturated rings. The van der Waals surface area contributed by atoms with Gasteiger partial charge in [-0.05, 0) is 42.8 Å². The molecule has 3 heterocycles. The summed E-state index contributed by atoms with van der Waals surface area (Å²) < 4.78 is 1.46. The first-order valence-corrected chi connectivity index (χ1v) is 9.14. The fourth-order valence-electron chi connectivity index (χ4n) is 3.59. The minimum absolute atomic E-state index is 0.269. The summed E-state index contributed by atoms with van der Waals surface area (Å²) >= 11 is 0. The number of para-hydroxylation sites is 2. The fraction of sp³-hybridized carbons (Fsp3) is 0.0476. The Kier molecular flexibility index (Phi) is 3.79. The molecule has 30 heavy (non-hydrogen) atoms. The highest BCUT2D eigenvalue weighted by atomic mass is 16.1. The van der Waals surface area contributed by atoms with E-state index in [0.29, 0.717) is 49.7 Å². The van der Waals surface area contributed by atoms with E-state index >= 15 is 0 Å². The third kappa shape index (κ3) is 2.59. The average Bonchev–Trinajstić information content (AvgIpc) is 3.30. The minimum Gasteiger partial charge on any atom is -0.307 e. The zero-order valence-electron chi connectivity index (χ0n) is 15.8. The van der Waals surface area contributed by atoms with Gasteiger partial charge in [-0.25, -0.2) is 9.78 Å². The minimum atomic E-state index is -0.279. The number of benzene rings is 2. The molecule has 9 heteroatoms. The first-order valence-electron chi connectivity index (χ1n) is 9.14. The van der Waals surface area contributed by atoms with Crippen molar-refractivity contribution in [1.29, 1.82) is 5.26 Å². The maximum Gasteiger partial charge on any atom is 0.323 e. The van der Waals surface area contributed by atoms with Crippen LogP contribution in [0.5, 0.6) is 0 Å². The molecule has 2 aromatic carbocycles. The lowest BCUT2D eigenvalue weighted by molar-refractivity contribution is 1.06. The van der Waals surface area contributed by atoms with Gasteiger partial charge in [0.25, 0.3) is 5.56 Å². The lowest BCUT2D eigenvalue weighted by atomic mass is 10.1. The van der Waals surface area contributed by atoms with Crippen molar-refractivity contribution in [3.63, 3.8) is 0 Å². The summed E-state index contributed by atoms with van der Waals surface area (Å²) in [5, 5.41) is 10.0. The molecule has 0 unspecified atom stereocenters. The molecule has 5 aromatic rings. The number of H-pyrrole nitrogens is 2. The number of nitrogens with one attached hydrogen (secondary N) is 4. The van der Waals surface area contributed by atoms with Crippen LogP contribution >= 0.6 is 0 Å². The predicted molar refractivity (Wildman–Crippen MR) is 114 cm³/mol. The molecule has 0 radical (unpaired) electrons. The number of imidazole rings is 2. The van der Waals surface area contributed by atoms with Gasteiger partial charge in [-0.2, -0.15) is 5.26 Å². The van der Waals surface area contributed by atoms with Crippen LogP contribution in [-0.4, -0.2) is 19.4 Å². The van der Waals surface area contributed by atoms with E-state index in [1.807, 2.05) is 18.2 Å².